The van der Waals surface area contributed by atoms with E-state index in [9.17, 15) is 8.42 Å². The standard InChI is InChI=1S/C17H22N2O3S/c1-4-16-17(13(3)18-22-16)15-6-5-11-19(15)23(20,21)14-9-7-12(2)8-10-14/h7-10,15H,4-6,11H2,1-3H3/t15-/m1/s1. The topological polar surface area (TPSA) is 63.4 Å². The zero-order valence-electron chi connectivity index (χ0n) is 13.7. The fraction of sp³-hybridized carbons (Fsp3) is 0.471. The van der Waals surface area contributed by atoms with E-state index in [1.807, 2.05) is 32.9 Å². The quantitative estimate of drug-likeness (QED) is 0.860. The second kappa shape index (κ2) is 6.09. The van der Waals surface area contributed by atoms with Crippen molar-refractivity contribution in [2.45, 2.75) is 51.0 Å². The average Bonchev–Trinajstić information content (AvgIpc) is 3.13. The number of sulfonamides is 1. The van der Waals surface area contributed by atoms with Gasteiger partial charge in [-0.3, -0.25) is 0 Å². The van der Waals surface area contributed by atoms with E-state index in [0.29, 0.717) is 17.9 Å². The van der Waals surface area contributed by atoms with Gasteiger partial charge in [0.25, 0.3) is 0 Å². The van der Waals surface area contributed by atoms with Crippen LogP contribution in [0.3, 0.4) is 0 Å². The number of benzene rings is 1. The van der Waals surface area contributed by atoms with Gasteiger partial charge in [0.2, 0.25) is 10.0 Å². The average molecular weight is 334 g/mol. The lowest BCUT2D eigenvalue weighted by molar-refractivity contribution is 0.368. The van der Waals surface area contributed by atoms with Crippen molar-refractivity contribution in [2.24, 2.45) is 0 Å². The Morgan fingerprint density at radius 3 is 2.61 bits per heavy atom. The molecule has 1 atom stereocenters. The third-order valence-corrected chi connectivity index (χ3v) is 6.39. The Morgan fingerprint density at radius 2 is 1.96 bits per heavy atom. The third-order valence-electron chi connectivity index (χ3n) is 4.47. The van der Waals surface area contributed by atoms with Gasteiger partial charge in [0.1, 0.15) is 5.76 Å². The molecule has 0 spiro atoms. The molecule has 1 aromatic carbocycles. The van der Waals surface area contributed by atoms with Gasteiger partial charge in [0.15, 0.2) is 0 Å². The highest BCUT2D eigenvalue weighted by Crippen LogP contribution is 2.39. The van der Waals surface area contributed by atoms with Crippen LogP contribution in [-0.4, -0.2) is 24.4 Å². The fourth-order valence-electron chi connectivity index (χ4n) is 3.27. The SMILES string of the molecule is CCc1onc(C)c1[C@H]1CCCN1S(=O)(=O)c1ccc(C)cc1. The Hall–Kier alpha value is -1.66. The molecule has 1 saturated heterocycles. The van der Waals surface area contributed by atoms with E-state index in [-0.39, 0.29) is 6.04 Å². The Balaban J connectivity index is 2.01. The van der Waals surface area contributed by atoms with Crippen LogP contribution in [0.1, 0.15) is 48.4 Å². The summed E-state index contributed by atoms with van der Waals surface area (Å²) in [5, 5.41) is 4.04. The Labute approximate surface area is 137 Å². The van der Waals surface area contributed by atoms with Crippen LogP contribution in [0, 0.1) is 13.8 Å². The highest BCUT2D eigenvalue weighted by atomic mass is 32.2. The molecule has 0 unspecified atom stereocenters. The second-order valence-electron chi connectivity index (χ2n) is 6.05. The van der Waals surface area contributed by atoms with Gasteiger partial charge in [-0.2, -0.15) is 4.31 Å². The zero-order valence-corrected chi connectivity index (χ0v) is 14.6. The molecular weight excluding hydrogens is 312 g/mol. The van der Waals surface area contributed by atoms with Crippen molar-refractivity contribution < 1.29 is 12.9 Å². The molecule has 6 heteroatoms. The molecule has 124 valence electrons. The molecule has 23 heavy (non-hydrogen) atoms. The third kappa shape index (κ3) is 2.81. The van der Waals surface area contributed by atoms with Gasteiger partial charge in [0.05, 0.1) is 16.6 Å². The maximum absolute atomic E-state index is 13.0. The molecule has 0 radical (unpaired) electrons. The van der Waals surface area contributed by atoms with Gasteiger partial charge in [-0.15, -0.1) is 0 Å². The van der Waals surface area contributed by atoms with Gasteiger partial charge in [0, 0.05) is 18.5 Å². The summed E-state index contributed by atoms with van der Waals surface area (Å²) in [4.78, 5) is 0.349. The Bertz CT molecular complexity index is 794. The van der Waals surface area contributed by atoms with Gasteiger partial charge >= 0.3 is 0 Å². The van der Waals surface area contributed by atoms with E-state index in [4.69, 9.17) is 4.52 Å². The number of hydrogen-bond donors (Lipinski definition) is 0. The van der Waals surface area contributed by atoms with Gasteiger partial charge in [-0.1, -0.05) is 29.8 Å². The van der Waals surface area contributed by atoms with Crippen LogP contribution < -0.4 is 0 Å². The summed E-state index contributed by atoms with van der Waals surface area (Å²) in [7, 11) is -3.51. The first-order valence-electron chi connectivity index (χ1n) is 7.98. The summed E-state index contributed by atoms with van der Waals surface area (Å²) in [6.07, 6.45) is 2.37. The van der Waals surface area contributed by atoms with E-state index >= 15 is 0 Å². The highest BCUT2D eigenvalue weighted by Gasteiger charge is 2.39. The van der Waals surface area contributed by atoms with Crippen molar-refractivity contribution >= 4 is 10.0 Å². The predicted molar refractivity (Wildman–Crippen MR) is 87.7 cm³/mol. The highest BCUT2D eigenvalue weighted by molar-refractivity contribution is 7.89. The van der Waals surface area contributed by atoms with Crippen molar-refractivity contribution in [3.05, 3.63) is 46.8 Å². The van der Waals surface area contributed by atoms with Crippen molar-refractivity contribution in [3.8, 4) is 0 Å². The fourth-order valence-corrected chi connectivity index (χ4v) is 4.93. The van der Waals surface area contributed by atoms with Gasteiger partial charge in [-0.05, 0) is 38.8 Å². The number of aryl methyl sites for hydroxylation is 3. The first-order chi connectivity index (χ1) is 10.9. The first-order valence-corrected chi connectivity index (χ1v) is 9.42. The summed E-state index contributed by atoms with van der Waals surface area (Å²) in [5.41, 5.74) is 2.78. The molecule has 2 aromatic rings. The van der Waals surface area contributed by atoms with E-state index in [0.717, 1.165) is 35.4 Å². The minimum Gasteiger partial charge on any atom is -0.361 e. The van der Waals surface area contributed by atoms with E-state index in [2.05, 4.69) is 5.16 Å². The number of nitrogens with zero attached hydrogens (tertiary/aromatic N) is 2. The molecule has 3 rings (SSSR count). The largest absolute Gasteiger partial charge is 0.361 e. The molecule has 5 nitrogen and oxygen atoms in total. The van der Waals surface area contributed by atoms with Crippen LogP contribution in [0.2, 0.25) is 0 Å². The number of hydrogen-bond acceptors (Lipinski definition) is 4. The lowest BCUT2D eigenvalue weighted by Gasteiger charge is -2.24. The van der Waals surface area contributed by atoms with Gasteiger partial charge < -0.3 is 4.52 Å². The van der Waals surface area contributed by atoms with Crippen molar-refractivity contribution in [2.75, 3.05) is 6.54 Å². The molecule has 1 aliphatic rings. The van der Waals surface area contributed by atoms with Crippen molar-refractivity contribution in [1.82, 2.24) is 9.46 Å². The molecule has 0 saturated carbocycles. The molecule has 0 aliphatic carbocycles. The molecule has 2 heterocycles. The number of rotatable bonds is 4. The summed E-state index contributed by atoms with van der Waals surface area (Å²) >= 11 is 0. The van der Waals surface area contributed by atoms with Crippen molar-refractivity contribution in [3.63, 3.8) is 0 Å². The molecule has 1 aromatic heterocycles. The second-order valence-corrected chi connectivity index (χ2v) is 7.94. The van der Waals surface area contributed by atoms with Crippen LogP contribution in [0.15, 0.2) is 33.7 Å². The lowest BCUT2D eigenvalue weighted by atomic mass is 10.0. The molecule has 1 aliphatic heterocycles. The maximum Gasteiger partial charge on any atom is 0.243 e. The Morgan fingerprint density at radius 1 is 1.26 bits per heavy atom. The molecule has 0 N–H and O–H groups in total. The van der Waals surface area contributed by atoms with Crippen molar-refractivity contribution in [1.29, 1.82) is 0 Å². The molecular formula is C17H22N2O3S. The first kappa shape index (κ1) is 16.2. The maximum atomic E-state index is 13.0. The molecule has 0 bridgehead atoms. The minimum atomic E-state index is -3.51. The predicted octanol–water partition coefficient (Wildman–Crippen LogP) is 3.38. The minimum absolute atomic E-state index is 0.178. The summed E-state index contributed by atoms with van der Waals surface area (Å²) in [6.45, 7) is 6.36. The summed E-state index contributed by atoms with van der Waals surface area (Å²) in [5.74, 6) is 0.790. The number of aromatic nitrogens is 1. The van der Waals surface area contributed by atoms with Crippen LogP contribution >= 0.6 is 0 Å². The van der Waals surface area contributed by atoms with Gasteiger partial charge in [-0.25, -0.2) is 8.42 Å². The smallest absolute Gasteiger partial charge is 0.243 e. The molecule has 0 amide bonds. The summed E-state index contributed by atoms with van der Waals surface area (Å²) in [6, 6.07) is 6.85. The van der Waals surface area contributed by atoms with Crippen LogP contribution in [-0.2, 0) is 16.4 Å². The van der Waals surface area contributed by atoms with Crippen LogP contribution in [0.4, 0.5) is 0 Å². The van der Waals surface area contributed by atoms with Crippen LogP contribution in [0.25, 0.3) is 0 Å². The Kier molecular flexibility index (Phi) is 4.29. The molecule has 1 fully saturated rings. The van der Waals surface area contributed by atoms with E-state index in [1.165, 1.54) is 0 Å². The normalized spacial score (nSPS) is 19.3. The lowest BCUT2D eigenvalue weighted by Crippen LogP contribution is -2.31. The van der Waals surface area contributed by atoms with Crippen LogP contribution in [0.5, 0.6) is 0 Å². The summed E-state index contributed by atoms with van der Waals surface area (Å²) < 4.78 is 33.0. The van der Waals surface area contributed by atoms with E-state index < -0.39 is 10.0 Å². The monoisotopic (exact) mass is 334 g/mol. The zero-order chi connectivity index (χ0) is 16.6. The van der Waals surface area contributed by atoms with E-state index in [1.54, 1.807) is 16.4 Å².